The molecule has 1 aliphatic rings. The van der Waals surface area contributed by atoms with E-state index in [1.807, 2.05) is 26.8 Å². The van der Waals surface area contributed by atoms with E-state index in [0.29, 0.717) is 37.3 Å². The Bertz CT molecular complexity index is 618. The van der Waals surface area contributed by atoms with Crippen molar-refractivity contribution >= 4 is 12.0 Å². The zero-order valence-corrected chi connectivity index (χ0v) is 13.7. The Morgan fingerprint density at radius 2 is 1.57 bits per heavy atom. The lowest BCUT2D eigenvalue weighted by atomic mass is 10.1. The number of carbonyl (C=O) groups excluding carboxylic acids is 2. The summed E-state index contributed by atoms with van der Waals surface area (Å²) >= 11 is 0. The molecule has 0 N–H and O–H groups in total. The van der Waals surface area contributed by atoms with Gasteiger partial charge in [-0.15, -0.1) is 0 Å². The summed E-state index contributed by atoms with van der Waals surface area (Å²) in [5.74, 6) is -0.0849. The summed E-state index contributed by atoms with van der Waals surface area (Å²) in [6, 6.07) is 8.59. The number of ether oxygens (including phenoxy) is 1. The highest BCUT2D eigenvalue weighted by Gasteiger charge is 2.27. The van der Waals surface area contributed by atoms with Crippen LogP contribution in [0.3, 0.4) is 0 Å². The summed E-state index contributed by atoms with van der Waals surface area (Å²) in [6.45, 7) is 7.34. The van der Waals surface area contributed by atoms with Gasteiger partial charge in [0.15, 0.2) is 0 Å². The molecular weight excluding hydrogens is 294 g/mol. The fraction of sp³-hybridized carbons (Fsp3) is 0.471. The minimum Gasteiger partial charge on any atom is -0.444 e. The van der Waals surface area contributed by atoms with E-state index in [1.54, 1.807) is 34.1 Å². The molecule has 1 fully saturated rings. The number of amides is 2. The number of benzene rings is 1. The number of nitriles is 1. The lowest BCUT2D eigenvalue weighted by Crippen LogP contribution is -2.51. The summed E-state index contributed by atoms with van der Waals surface area (Å²) in [7, 11) is 0. The van der Waals surface area contributed by atoms with Crippen LogP contribution in [-0.4, -0.2) is 53.6 Å². The van der Waals surface area contributed by atoms with Gasteiger partial charge >= 0.3 is 6.09 Å². The fourth-order valence-corrected chi connectivity index (χ4v) is 2.29. The average Bonchev–Trinajstić information content (AvgIpc) is 2.53. The van der Waals surface area contributed by atoms with Gasteiger partial charge in [-0.3, -0.25) is 4.79 Å². The molecular formula is C17H21N3O3. The molecule has 0 aliphatic carbocycles. The van der Waals surface area contributed by atoms with Gasteiger partial charge in [-0.25, -0.2) is 4.79 Å². The first-order valence-electron chi connectivity index (χ1n) is 7.57. The average molecular weight is 315 g/mol. The molecule has 6 nitrogen and oxygen atoms in total. The van der Waals surface area contributed by atoms with E-state index in [0.717, 1.165) is 0 Å². The van der Waals surface area contributed by atoms with Crippen LogP contribution in [0.1, 0.15) is 36.7 Å². The molecule has 2 amide bonds. The zero-order chi connectivity index (χ0) is 17.0. The van der Waals surface area contributed by atoms with Crippen LogP contribution in [0.2, 0.25) is 0 Å². The van der Waals surface area contributed by atoms with Crippen LogP contribution in [0.15, 0.2) is 24.3 Å². The van der Waals surface area contributed by atoms with Crippen molar-refractivity contribution in [3.8, 4) is 6.07 Å². The van der Waals surface area contributed by atoms with Gasteiger partial charge in [0.05, 0.1) is 11.6 Å². The van der Waals surface area contributed by atoms with E-state index < -0.39 is 5.60 Å². The Kier molecular flexibility index (Phi) is 4.89. The van der Waals surface area contributed by atoms with Gasteiger partial charge in [0.25, 0.3) is 5.91 Å². The maximum absolute atomic E-state index is 12.4. The molecule has 2 rings (SSSR count). The molecule has 1 aromatic rings. The molecule has 0 atom stereocenters. The van der Waals surface area contributed by atoms with Gasteiger partial charge in [0.1, 0.15) is 5.60 Å². The molecule has 1 aliphatic heterocycles. The highest BCUT2D eigenvalue weighted by molar-refractivity contribution is 5.94. The molecule has 0 unspecified atom stereocenters. The molecule has 0 spiro atoms. The second-order valence-corrected chi connectivity index (χ2v) is 6.45. The van der Waals surface area contributed by atoms with Crippen molar-refractivity contribution in [2.45, 2.75) is 26.4 Å². The van der Waals surface area contributed by atoms with Crippen molar-refractivity contribution in [3.05, 3.63) is 35.4 Å². The van der Waals surface area contributed by atoms with Crippen LogP contribution < -0.4 is 0 Å². The zero-order valence-electron chi connectivity index (χ0n) is 13.7. The quantitative estimate of drug-likeness (QED) is 0.796. The Hall–Kier alpha value is -2.55. The first kappa shape index (κ1) is 16.8. The van der Waals surface area contributed by atoms with Gasteiger partial charge in [0.2, 0.25) is 0 Å². The number of nitrogens with zero attached hydrogens (tertiary/aromatic N) is 3. The van der Waals surface area contributed by atoms with Crippen LogP contribution in [-0.2, 0) is 4.74 Å². The van der Waals surface area contributed by atoms with Gasteiger partial charge < -0.3 is 14.5 Å². The Balaban J connectivity index is 1.92. The second-order valence-electron chi connectivity index (χ2n) is 6.45. The van der Waals surface area contributed by atoms with E-state index in [1.165, 1.54) is 0 Å². The summed E-state index contributed by atoms with van der Waals surface area (Å²) in [6.07, 6.45) is -0.344. The summed E-state index contributed by atoms with van der Waals surface area (Å²) in [5, 5.41) is 8.78. The molecule has 122 valence electrons. The molecule has 0 aromatic heterocycles. The van der Waals surface area contributed by atoms with Gasteiger partial charge in [-0.2, -0.15) is 5.26 Å². The minimum absolute atomic E-state index is 0.0849. The lowest BCUT2D eigenvalue weighted by Gasteiger charge is -2.35. The van der Waals surface area contributed by atoms with Crippen LogP contribution in [0, 0.1) is 11.3 Å². The second kappa shape index (κ2) is 6.69. The van der Waals surface area contributed by atoms with Crippen molar-refractivity contribution in [3.63, 3.8) is 0 Å². The number of hydrogen-bond donors (Lipinski definition) is 0. The monoisotopic (exact) mass is 315 g/mol. The van der Waals surface area contributed by atoms with Gasteiger partial charge in [-0.1, -0.05) is 0 Å². The highest BCUT2D eigenvalue weighted by Crippen LogP contribution is 2.14. The summed E-state index contributed by atoms with van der Waals surface area (Å²) < 4.78 is 5.34. The fourth-order valence-electron chi connectivity index (χ4n) is 2.29. The van der Waals surface area contributed by atoms with Crippen molar-refractivity contribution in [1.82, 2.24) is 9.80 Å². The van der Waals surface area contributed by atoms with Crippen molar-refractivity contribution in [2.75, 3.05) is 26.2 Å². The third-order valence-electron chi connectivity index (χ3n) is 3.48. The molecule has 1 saturated heterocycles. The largest absolute Gasteiger partial charge is 0.444 e. The van der Waals surface area contributed by atoms with E-state index in [-0.39, 0.29) is 12.0 Å². The lowest BCUT2D eigenvalue weighted by molar-refractivity contribution is 0.0141. The number of rotatable bonds is 1. The molecule has 1 heterocycles. The van der Waals surface area contributed by atoms with Crippen molar-refractivity contribution in [2.24, 2.45) is 0 Å². The van der Waals surface area contributed by atoms with Crippen molar-refractivity contribution < 1.29 is 14.3 Å². The molecule has 23 heavy (non-hydrogen) atoms. The van der Waals surface area contributed by atoms with Crippen LogP contribution in [0.4, 0.5) is 4.79 Å². The van der Waals surface area contributed by atoms with Gasteiger partial charge in [0, 0.05) is 31.7 Å². The molecule has 0 saturated carbocycles. The predicted octanol–water partition coefficient (Wildman–Crippen LogP) is 2.25. The highest BCUT2D eigenvalue weighted by atomic mass is 16.6. The van der Waals surface area contributed by atoms with Gasteiger partial charge in [-0.05, 0) is 45.0 Å². The Morgan fingerprint density at radius 1 is 1.04 bits per heavy atom. The van der Waals surface area contributed by atoms with Crippen LogP contribution in [0.5, 0.6) is 0 Å². The van der Waals surface area contributed by atoms with E-state index in [9.17, 15) is 9.59 Å². The van der Waals surface area contributed by atoms with E-state index >= 15 is 0 Å². The molecule has 0 radical (unpaired) electrons. The standard InChI is InChI=1S/C17H21N3O3/c1-17(2,3)23-16(22)20-10-8-19(9-11-20)15(21)14-6-4-13(12-18)5-7-14/h4-7H,8-11H2,1-3H3. The summed E-state index contributed by atoms with van der Waals surface area (Å²) in [4.78, 5) is 27.7. The molecule has 1 aromatic carbocycles. The SMILES string of the molecule is CC(C)(C)OC(=O)N1CCN(C(=O)c2ccc(C#N)cc2)CC1. The maximum Gasteiger partial charge on any atom is 0.410 e. The smallest absolute Gasteiger partial charge is 0.410 e. The molecule has 6 heteroatoms. The number of hydrogen-bond acceptors (Lipinski definition) is 4. The first-order chi connectivity index (χ1) is 10.8. The Morgan fingerprint density at radius 3 is 2.04 bits per heavy atom. The number of piperazine rings is 1. The minimum atomic E-state index is -0.521. The summed E-state index contributed by atoms with van der Waals surface area (Å²) in [5.41, 5.74) is 0.554. The third kappa shape index (κ3) is 4.46. The molecule has 0 bridgehead atoms. The van der Waals surface area contributed by atoms with Crippen LogP contribution >= 0.6 is 0 Å². The first-order valence-corrected chi connectivity index (χ1v) is 7.57. The number of carbonyl (C=O) groups is 2. The maximum atomic E-state index is 12.4. The normalized spacial score (nSPS) is 15.0. The topological polar surface area (TPSA) is 73.6 Å². The third-order valence-corrected chi connectivity index (χ3v) is 3.48. The van der Waals surface area contributed by atoms with E-state index in [2.05, 4.69) is 0 Å². The predicted molar refractivity (Wildman–Crippen MR) is 84.9 cm³/mol. The van der Waals surface area contributed by atoms with E-state index in [4.69, 9.17) is 10.00 Å². The Labute approximate surface area is 136 Å². The van der Waals surface area contributed by atoms with Crippen molar-refractivity contribution in [1.29, 1.82) is 5.26 Å². The van der Waals surface area contributed by atoms with Crippen LogP contribution in [0.25, 0.3) is 0 Å².